The fraction of sp³-hybridized carbons (Fsp3) is 0.190. The summed E-state index contributed by atoms with van der Waals surface area (Å²) in [6.07, 6.45) is 3.80. The molecule has 0 aromatic heterocycles. The highest BCUT2D eigenvalue weighted by molar-refractivity contribution is 6.31. The number of aliphatic hydroxyl groups is 1. The first-order chi connectivity index (χ1) is 11.7. The summed E-state index contributed by atoms with van der Waals surface area (Å²) in [4.78, 5) is 12.7. The Labute approximate surface area is 147 Å². The van der Waals surface area contributed by atoms with Crippen molar-refractivity contribution < 1.29 is 9.90 Å². The van der Waals surface area contributed by atoms with Gasteiger partial charge in [0, 0.05) is 28.1 Å². The summed E-state index contributed by atoms with van der Waals surface area (Å²) in [5.41, 5.74) is 2.05. The molecule has 0 spiro atoms. The zero-order valence-electron chi connectivity index (χ0n) is 13.6. The molecule has 0 fully saturated rings. The number of allylic oxidation sites excluding steroid dienone is 1. The molecular formula is C21H19ClO2. The predicted octanol–water partition coefficient (Wildman–Crippen LogP) is 5.66. The summed E-state index contributed by atoms with van der Waals surface area (Å²) < 4.78 is 0. The van der Waals surface area contributed by atoms with Crippen molar-refractivity contribution in [3.63, 3.8) is 0 Å². The number of unbranched alkanes of at least 4 members (excludes halogenated alkanes) is 2. The van der Waals surface area contributed by atoms with Crippen LogP contribution in [0, 0.1) is 11.8 Å². The lowest BCUT2D eigenvalue weighted by Crippen LogP contribution is -2.04. The van der Waals surface area contributed by atoms with Crippen LogP contribution < -0.4 is 0 Å². The smallest absolute Gasteiger partial charge is 0.196 e. The zero-order chi connectivity index (χ0) is 17.4. The SMILES string of the molecule is CCCCC#Cc1ccccc1/C(=C\O)C(=O)c1ccc(Cl)cc1. The Morgan fingerprint density at radius 3 is 2.54 bits per heavy atom. The van der Waals surface area contributed by atoms with Crippen LogP contribution in [-0.2, 0) is 0 Å². The normalized spacial score (nSPS) is 10.8. The Bertz CT molecular complexity index is 793. The Morgan fingerprint density at radius 2 is 1.88 bits per heavy atom. The molecule has 24 heavy (non-hydrogen) atoms. The van der Waals surface area contributed by atoms with Crippen LogP contribution in [0.1, 0.15) is 47.7 Å². The van der Waals surface area contributed by atoms with Gasteiger partial charge >= 0.3 is 0 Å². The number of aliphatic hydroxyl groups excluding tert-OH is 1. The Hall–Kier alpha value is -2.50. The van der Waals surface area contributed by atoms with Crippen molar-refractivity contribution in [2.24, 2.45) is 0 Å². The van der Waals surface area contributed by atoms with E-state index in [0.29, 0.717) is 16.1 Å². The lowest BCUT2D eigenvalue weighted by Gasteiger charge is -2.08. The van der Waals surface area contributed by atoms with E-state index in [0.717, 1.165) is 31.1 Å². The summed E-state index contributed by atoms with van der Waals surface area (Å²) in [6.45, 7) is 2.12. The monoisotopic (exact) mass is 338 g/mol. The Morgan fingerprint density at radius 1 is 1.17 bits per heavy atom. The Balaban J connectivity index is 2.35. The molecule has 0 atom stereocenters. The highest BCUT2D eigenvalue weighted by Gasteiger charge is 2.17. The number of Topliss-reactive ketones (excluding diaryl/α,β-unsaturated/α-hetero) is 1. The largest absolute Gasteiger partial charge is 0.515 e. The first kappa shape index (κ1) is 17.8. The molecule has 0 radical (unpaired) electrons. The second kappa shape index (κ2) is 8.96. The predicted molar refractivity (Wildman–Crippen MR) is 99.2 cm³/mol. The van der Waals surface area contributed by atoms with Gasteiger partial charge in [-0.2, -0.15) is 0 Å². The van der Waals surface area contributed by atoms with Gasteiger partial charge in [0.2, 0.25) is 0 Å². The third-order valence-electron chi connectivity index (χ3n) is 3.58. The molecule has 2 aromatic rings. The van der Waals surface area contributed by atoms with Crippen LogP contribution in [0.5, 0.6) is 0 Å². The molecule has 0 bridgehead atoms. The number of carbonyl (C=O) groups is 1. The van der Waals surface area contributed by atoms with Crippen LogP contribution in [-0.4, -0.2) is 10.9 Å². The van der Waals surface area contributed by atoms with E-state index in [4.69, 9.17) is 11.6 Å². The minimum Gasteiger partial charge on any atom is -0.515 e. The van der Waals surface area contributed by atoms with E-state index in [-0.39, 0.29) is 11.4 Å². The summed E-state index contributed by atoms with van der Waals surface area (Å²) in [7, 11) is 0. The summed E-state index contributed by atoms with van der Waals surface area (Å²) in [5, 5.41) is 10.2. The lowest BCUT2D eigenvalue weighted by molar-refractivity contribution is 0.105. The van der Waals surface area contributed by atoms with E-state index in [1.165, 1.54) is 0 Å². The molecule has 2 nitrogen and oxygen atoms in total. The van der Waals surface area contributed by atoms with Crippen molar-refractivity contribution in [2.75, 3.05) is 0 Å². The minimum atomic E-state index is -0.267. The molecule has 122 valence electrons. The second-order valence-electron chi connectivity index (χ2n) is 5.33. The van der Waals surface area contributed by atoms with E-state index in [1.54, 1.807) is 30.3 Å². The van der Waals surface area contributed by atoms with Gasteiger partial charge in [-0.3, -0.25) is 4.79 Å². The highest BCUT2D eigenvalue weighted by Crippen LogP contribution is 2.23. The number of halogens is 1. The van der Waals surface area contributed by atoms with E-state index in [9.17, 15) is 9.90 Å². The van der Waals surface area contributed by atoms with Gasteiger partial charge < -0.3 is 5.11 Å². The average molecular weight is 339 g/mol. The molecular weight excluding hydrogens is 320 g/mol. The van der Waals surface area contributed by atoms with Crippen LogP contribution in [0.25, 0.3) is 5.57 Å². The van der Waals surface area contributed by atoms with Gasteiger partial charge in [-0.1, -0.05) is 55.0 Å². The topological polar surface area (TPSA) is 37.3 Å². The van der Waals surface area contributed by atoms with Gasteiger partial charge in [-0.15, -0.1) is 0 Å². The molecule has 0 unspecified atom stereocenters. The van der Waals surface area contributed by atoms with E-state index in [2.05, 4.69) is 18.8 Å². The third-order valence-corrected chi connectivity index (χ3v) is 3.83. The molecule has 2 aromatic carbocycles. The molecule has 3 heteroatoms. The second-order valence-corrected chi connectivity index (χ2v) is 5.77. The Kier molecular flexibility index (Phi) is 6.66. The van der Waals surface area contributed by atoms with Gasteiger partial charge in [-0.05, 0) is 36.8 Å². The number of rotatable bonds is 5. The van der Waals surface area contributed by atoms with Gasteiger partial charge in [0.05, 0.1) is 11.8 Å². The third kappa shape index (κ3) is 4.50. The van der Waals surface area contributed by atoms with E-state index in [1.807, 2.05) is 18.2 Å². The van der Waals surface area contributed by atoms with E-state index >= 15 is 0 Å². The van der Waals surface area contributed by atoms with Gasteiger partial charge in [0.15, 0.2) is 5.78 Å². The number of ketones is 1. The van der Waals surface area contributed by atoms with Crippen LogP contribution in [0.15, 0.2) is 54.8 Å². The number of hydrogen-bond donors (Lipinski definition) is 1. The average Bonchev–Trinajstić information content (AvgIpc) is 2.61. The maximum atomic E-state index is 12.7. The zero-order valence-corrected chi connectivity index (χ0v) is 14.3. The minimum absolute atomic E-state index is 0.220. The first-order valence-electron chi connectivity index (χ1n) is 7.90. The quantitative estimate of drug-likeness (QED) is 0.251. The molecule has 0 saturated heterocycles. The standard InChI is InChI=1S/C21H19ClO2/c1-2-3-4-5-8-16-9-6-7-10-19(16)20(15-23)21(24)17-11-13-18(22)14-12-17/h6-7,9-15,23H,2-4H2,1H3/b20-15+. The maximum Gasteiger partial charge on any atom is 0.196 e. The van der Waals surface area contributed by atoms with Crippen molar-refractivity contribution in [2.45, 2.75) is 26.2 Å². The van der Waals surface area contributed by atoms with Crippen molar-refractivity contribution in [1.29, 1.82) is 0 Å². The van der Waals surface area contributed by atoms with Gasteiger partial charge in [-0.25, -0.2) is 0 Å². The van der Waals surface area contributed by atoms with Crippen molar-refractivity contribution in [3.05, 3.63) is 76.5 Å². The van der Waals surface area contributed by atoms with Crippen molar-refractivity contribution >= 4 is 23.0 Å². The maximum absolute atomic E-state index is 12.7. The molecule has 1 N–H and O–H groups in total. The van der Waals surface area contributed by atoms with Crippen LogP contribution in [0.3, 0.4) is 0 Å². The van der Waals surface area contributed by atoms with Crippen LogP contribution in [0.2, 0.25) is 5.02 Å². The highest BCUT2D eigenvalue weighted by atomic mass is 35.5. The summed E-state index contributed by atoms with van der Waals surface area (Å²) in [5.74, 6) is 5.96. The number of benzene rings is 2. The summed E-state index contributed by atoms with van der Waals surface area (Å²) in [6, 6.07) is 13.9. The first-order valence-corrected chi connectivity index (χ1v) is 8.28. The molecule has 2 rings (SSSR count). The van der Waals surface area contributed by atoms with Crippen molar-refractivity contribution in [3.8, 4) is 11.8 Å². The van der Waals surface area contributed by atoms with Gasteiger partial charge in [0.1, 0.15) is 0 Å². The van der Waals surface area contributed by atoms with Crippen LogP contribution in [0.4, 0.5) is 0 Å². The molecule has 0 aliphatic rings. The number of hydrogen-bond acceptors (Lipinski definition) is 2. The molecule has 0 saturated carbocycles. The van der Waals surface area contributed by atoms with Crippen molar-refractivity contribution in [1.82, 2.24) is 0 Å². The molecule has 0 amide bonds. The van der Waals surface area contributed by atoms with Gasteiger partial charge in [0.25, 0.3) is 0 Å². The fourth-order valence-corrected chi connectivity index (χ4v) is 2.38. The molecule has 0 aliphatic heterocycles. The fourth-order valence-electron chi connectivity index (χ4n) is 2.26. The van der Waals surface area contributed by atoms with E-state index < -0.39 is 0 Å². The summed E-state index contributed by atoms with van der Waals surface area (Å²) >= 11 is 5.86. The lowest BCUT2D eigenvalue weighted by atomic mass is 9.94. The molecule has 0 heterocycles. The number of carbonyl (C=O) groups excluding carboxylic acids is 1. The van der Waals surface area contributed by atoms with Crippen LogP contribution >= 0.6 is 11.6 Å². The molecule has 0 aliphatic carbocycles.